The van der Waals surface area contributed by atoms with Crippen LogP contribution in [-0.2, 0) is 9.59 Å². The molecule has 0 saturated carbocycles. The SMILES string of the molecule is CN=CC(=CN)CC(=O)N1C[C@H](F)C[C@H]1C(=O)N[C@@H](c1ccccc1)c1ccc(C(C)C)cc1. The molecular weight excluding hydrogens is 431 g/mol. The summed E-state index contributed by atoms with van der Waals surface area (Å²) in [7, 11) is 1.58. The average molecular weight is 465 g/mol. The number of carbonyl (C=O) groups is 2. The second-order valence-electron chi connectivity index (χ2n) is 8.87. The maximum Gasteiger partial charge on any atom is 0.243 e. The van der Waals surface area contributed by atoms with Crippen LogP contribution >= 0.6 is 0 Å². The van der Waals surface area contributed by atoms with Gasteiger partial charge in [-0.3, -0.25) is 14.6 Å². The third-order valence-electron chi connectivity index (χ3n) is 6.09. The number of aliphatic imine (C=N–C) groups is 1. The summed E-state index contributed by atoms with van der Waals surface area (Å²) in [4.78, 5) is 31.5. The summed E-state index contributed by atoms with van der Waals surface area (Å²) in [5.41, 5.74) is 9.12. The number of likely N-dealkylation sites (tertiary alicyclic amines) is 1. The van der Waals surface area contributed by atoms with Crippen molar-refractivity contribution >= 4 is 18.0 Å². The van der Waals surface area contributed by atoms with Crippen molar-refractivity contribution in [2.24, 2.45) is 10.7 Å². The van der Waals surface area contributed by atoms with Crippen LogP contribution in [0, 0.1) is 0 Å². The smallest absolute Gasteiger partial charge is 0.243 e. The number of rotatable bonds is 8. The minimum Gasteiger partial charge on any atom is -0.404 e. The van der Waals surface area contributed by atoms with Gasteiger partial charge in [-0.25, -0.2) is 4.39 Å². The molecule has 34 heavy (non-hydrogen) atoms. The molecule has 3 N–H and O–H groups in total. The van der Waals surface area contributed by atoms with E-state index in [1.54, 1.807) is 7.05 Å². The fourth-order valence-electron chi connectivity index (χ4n) is 4.21. The summed E-state index contributed by atoms with van der Waals surface area (Å²) in [6.45, 7) is 4.14. The van der Waals surface area contributed by atoms with Gasteiger partial charge < -0.3 is 16.0 Å². The largest absolute Gasteiger partial charge is 0.404 e. The fraction of sp³-hybridized carbons (Fsp3) is 0.370. The molecule has 2 aromatic carbocycles. The van der Waals surface area contributed by atoms with E-state index in [2.05, 4.69) is 36.3 Å². The second kappa shape index (κ2) is 11.6. The van der Waals surface area contributed by atoms with E-state index in [4.69, 9.17) is 5.73 Å². The predicted molar refractivity (Wildman–Crippen MR) is 133 cm³/mol. The molecule has 1 aliphatic heterocycles. The van der Waals surface area contributed by atoms with Gasteiger partial charge in [-0.15, -0.1) is 0 Å². The zero-order valence-electron chi connectivity index (χ0n) is 19.9. The van der Waals surface area contributed by atoms with Gasteiger partial charge in [0.2, 0.25) is 11.8 Å². The number of hydrogen-bond donors (Lipinski definition) is 2. The van der Waals surface area contributed by atoms with Crippen LogP contribution < -0.4 is 11.1 Å². The highest BCUT2D eigenvalue weighted by molar-refractivity contribution is 5.93. The number of alkyl halides is 1. The molecule has 180 valence electrons. The second-order valence-corrected chi connectivity index (χ2v) is 8.87. The molecule has 3 atom stereocenters. The summed E-state index contributed by atoms with van der Waals surface area (Å²) < 4.78 is 14.4. The summed E-state index contributed by atoms with van der Waals surface area (Å²) in [6.07, 6.45) is 1.46. The van der Waals surface area contributed by atoms with Gasteiger partial charge in [0, 0.05) is 19.7 Å². The zero-order chi connectivity index (χ0) is 24.7. The van der Waals surface area contributed by atoms with Crippen LogP contribution in [0.2, 0.25) is 0 Å². The lowest BCUT2D eigenvalue weighted by molar-refractivity contribution is -0.138. The van der Waals surface area contributed by atoms with E-state index in [0.29, 0.717) is 11.5 Å². The fourth-order valence-corrected chi connectivity index (χ4v) is 4.21. The highest BCUT2D eigenvalue weighted by atomic mass is 19.1. The Kier molecular flexibility index (Phi) is 8.57. The van der Waals surface area contributed by atoms with Crippen LogP contribution in [0.4, 0.5) is 4.39 Å². The average Bonchev–Trinajstić information content (AvgIpc) is 3.24. The summed E-state index contributed by atoms with van der Waals surface area (Å²) >= 11 is 0. The van der Waals surface area contributed by atoms with Crippen LogP contribution in [0.5, 0.6) is 0 Å². The van der Waals surface area contributed by atoms with Crippen LogP contribution in [-0.4, -0.2) is 48.7 Å². The van der Waals surface area contributed by atoms with E-state index in [1.807, 2.05) is 42.5 Å². The van der Waals surface area contributed by atoms with Crippen LogP contribution in [0.3, 0.4) is 0 Å². The van der Waals surface area contributed by atoms with Crippen LogP contribution in [0.15, 0.2) is 71.4 Å². The highest BCUT2D eigenvalue weighted by Gasteiger charge is 2.40. The van der Waals surface area contributed by atoms with Crippen molar-refractivity contribution in [2.75, 3.05) is 13.6 Å². The molecule has 0 aromatic heterocycles. The van der Waals surface area contributed by atoms with Gasteiger partial charge in [-0.1, -0.05) is 68.4 Å². The molecular formula is C27H33FN4O2. The summed E-state index contributed by atoms with van der Waals surface area (Å²) in [5, 5.41) is 3.07. The van der Waals surface area contributed by atoms with Crippen molar-refractivity contribution in [2.45, 2.75) is 50.9 Å². The first-order valence-electron chi connectivity index (χ1n) is 11.6. The molecule has 0 radical (unpaired) electrons. The number of hydrogen-bond acceptors (Lipinski definition) is 4. The Morgan fingerprint density at radius 1 is 1.12 bits per heavy atom. The minimum absolute atomic E-state index is 0.0328. The van der Waals surface area contributed by atoms with Gasteiger partial charge in [-0.2, -0.15) is 0 Å². The van der Waals surface area contributed by atoms with Crippen molar-refractivity contribution in [1.82, 2.24) is 10.2 Å². The first-order chi connectivity index (χ1) is 16.3. The molecule has 1 aliphatic rings. The standard InChI is InChI=1S/C27H33FN4O2/c1-18(2)20-9-11-22(12-10-20)26(21-7-5-4-6-8-21)31-27(34)24-14-23(28)17-32(24)25(33)13-19(15-29)16-30-3/h4-12,15-16,18,23-24,26H,13-14,17,29H2,1-3H3,(H,31,34)/t23-,24+,26+/m1/s1. The van der Waals surface area contributed by atoms with Gasteiger partial charge in [-0.05, 0) is 34.4 Å². The molecule has 1 fully saturated rings. The highest BCUT2D eigenvalue weighted by Crippen LogP contribution is 2.27. The van der Waals surface area contributed by atoms with Gasteiger partial charge in [0.25, 0.3) is 0 Å². The van der Waals surface area contributed by atoms with Crippen molar-refractivity contribution < 1.29 is 14.0 Å². The summed E-state index contributed by atoms with van der Waals surface area (Å²) in [6, 6.07) is 16.4. The topological polar surface area (TPSA) is 87.8 Å². The molecule has 3 rings (SSSR count). The number of carbonyl (C=O) groups excluding carboxylic acids is 2. The van der Waals surface area contributed by atoms with Crippen molar-refractivity contribution in [3.63, 3.8) is 0 Å². The number of nitrogens with two attached hydrogens (primary N) is 1. The van der Waals surface area contributed by atoms with E-state index in [9.17, 15) is 14.0 Å². The molecule has 0 unspecified atom stereocenters. The maximum atomic E-state index is 14.4. The molecule has 1 heterocycles. The minimum atomic E-state index is -1.26. The number of benzene rings is 2. The normalized spacial score (nSPS) is 19.6. The van der Waals surface area contributed by atoms with E-state index >= 15 is 0 Å². The lowest BCUT2D eigenvalue weighted by Crippen LogP contribution is -2.47. The van der Waals surface area contributed by atoms with Crippen LogP contribution in [0.25, 0.3) is 0 Å². The van der Waals surface area contributed by atoms with Gasteiger partial charge in [0.15, 0.2) is 0 Å². The van der Waals surface area contributed by atoms with E-state index < -0.39 is 18.3 Å². The van der Waals surface area contributed by atoms with Gasteiger partial charge in [0.1, 0.15) is 12.2 Å². The quantitative estimate of drug-likeness (QED) is 0.581. The number of halogens is 1. The molecule has 7 heteroatoms. The first-order valence-corrected chi connectivity index (χ1v) is 11.6. The Morgan fingerprint density at radius 2 is 1.74 bits per heavy atom. The van der Waals surface area contributed by atoms with E-state index in [1.165, 1.54) is 22.9 Å². The predicted octanol–water partition coefficient (Wildman–Crippen LogP) is 3.89. The lowest BCUT2D eigenvalue weighted by atomic mass is 9.95. The Morgan fingerprint density at radius 3 is 2.32 bits per heavy atom. The Balaban J connectivity index is 1.84. The number of nitrogens with one attached hydrogen (secondary N) is 1. The van der Waals surface area contributed by atoms with Gasteiger partial charge >= 0.3 is 0 Å². The Labute approximate surface area is 200 Å². The Hall–Kier alpha value is -3.48. The van der Waals surface area contributed by atoms with E-state index in [-0.39, 0.29) is 31.2 Å². The van der Waals surface area contributed by atoms with Crippen molar-refractivity contribution in [3.8, 4) is 0 Å². The molecule has 6 nitrogen and oxygen atoms in total. The molecule has 0 spiro atoms. The molecule has 0 aliphatic carbocycles. The number of nitrogens with zero attached hydrogens (tertiary/aromatic N) is 2. The van der Waals surface area contributed by atoms with Crippen molar-refractivity contribution in [1.29, 1.82) is 0 Å². The molecule has 2 aromatic rings. The Bertz CT molecular complexity index is 1030. The molecule has 2 amide bonds. The van der Waals surface area contributed by atoms with Gasteiger partial charge in [0.05, 0.1) is 19.0 Å². The third kappa shape index (κ3) is 6.10. The zero-order valence-corrected chi connectivity index (χ0v) is 19.9. The van der Waals surface area contributed by atoms with Crippen molar-refractivity contribution in [3.05, 3.63) is 83.1 Å². The maximum absolute atomic E-state index is 14.4. The van der Waals surface area contributed by atoms with E-state index in [0.717, 1.165) is 11.1 Å². The van der Waals surface area contributed by atoms with Crippen LogP contribution in [0.1, 0.15) is 55.3 Å². The number of amides is 2. The third-order valence-corrected chi connectivity index (χ3v) is 6.09. The molecule has 0 bridgehead atoms. The molecule has 1 saturated heterocycles. The summed E-state index contributed by atoms with van der Waals surface area (Å²) in [5.74, 6) is -0.337. The lowest BCUT2D eigenvalue weighted by Gasteiger charge is -2.27. The first kappa shape index (κ1) is 25.1. The monoisotopic (exact) mass is 464 g/mol.